The van der Waals surface area contributed by atoms with Crippen LogP contribution in [0.1, 0.15) is 29.2 Å². The van der Waals surface area contributed by atoms with Crippen LogP contribution in [0.3, 0.4) is 0 Å². The molecular formula is C20H24N2O5. The van der Waals surface area contributed by atoms with Crippen molar-refractivity contribution in [2.75, 3.05) is 13.7 Å². The van der Waals surface area contributed by atoms with Crippen LogP contribution >= 0.6 is 0 Å². The molecule has 3 heterocycles. The minimum absolute atomic E-state index is 0.0693. The number of carbonyl (C=O) groups is 1. The normalized spacial score (nSPS) is 25.0. The lowest BCUT2D eigenvalue weighted by atomic mass is 9.80. The molecule has 0 saturated carbocycles. The molecule has 1 aromatic carbocycles. The van der Waals surface area contributed by atoms with Gasteiger partial charge in [-0.25, -0.2) is 5.43 Å². The average Bonchev–Trinajstić information content (AvgIpc) is 3.41. The number of esters is 1. The molecule has 1 saturated heterocycles. The molecule has 144 valence electrons. The van der Waals surface area contributed by atoms with E-state index < -0.39 is 6.23 Å². The zero-order chi connectivity index (χ0) is 18.8. The van der Waals surface area contributed by atoms with E-state index in [1.54, 1.807) is 12.3 Å². The Morgan fingerprint density at radius 1 is 1.37 bits per heavy atom. The Morgan fingerprint density at radius 3 is 3.04 bits per heavy atom. The number of nitrogens with one attached hydrogen (secondary N) is 2. The minimum Gasteiger partial charge on any atom is -0.493 e. The summed E-state index contributed by atoms with van der Waals surface area (Å²) in [6.07, 6.45) is 2.55. The van der Waals surface area contributed by atoms with Gasteiger partial charge in [-0.3, -0.25) is 10.2 Å². The lowest BCUT2D eigenvalue weighted by Crippen LogP contribution is -2.35. The molecule has 0 radical (unpaired) electrons. The number of carbonyl (C=O) groups excluding carboxylic acids is 1. The Labute approximate surface area is 157 Å². The van der Waals surface area contributed by atoms with Crippen LogP contribution in [0.4, 0.5) is 0 Å². The van der Waals surface area contributed by atoms with Gasteiger partial charge < -0.3 is 19.0 Å². The number of methoxy groups -OCH3 is 1. The highest BCUT2D eigenvalue weighted by molar-refractivity contribution is 5.70. The smallest absolute Gasteiger partial charge is 0.306 e. The van der Waals surface area contributed by atoms with Crippen LogP contribution in [-0.2, 0) is 22.4 Å². The summed E-state index contributed by atoms with van der Waals surface area (Å²) in [5.74, 6) is 0.741. The van der Waals surface area contributed by atoms with E-state index in [9.17, 15) is 9.90 Å². The maximum Gasteiger partial charge on any atom is 0.306 e. The third kappa shape index (κ3) is 3.71. The lowest BCUT2D eigenvalue weighted by molar-refractivity contribution is -0.141. The molecule has 0 aliphatic carbocycles. The Hall–Kier alpha value is -2.35. The fourth-order valence-electron chi connectivity index (χ4n) is 4.10. The van der Waals surface area contributed by atoms with E-state index in [0.29, 0.717) is 12.2 Å². The zero-order valence-electron chi connectivity index (χ0n) is 15.2. The topological polar surface area (TPSA) is 93.0 Å². The van der Waals surface area contributed by atoms with Crippen LogP contribution in [0.25, 0.3) is 0 Å². The minimum atomic E-state index is -0.799. The molecule has 2 aliphatic rings. The summed E-state index contributed by atoms with van der Waals surface area (Å²) in [6.45, 7) is 0.725. The SMILES string of the molecule is COC(=O)CC(c1ccco1)C1C(O)NNC1Cc1ccc2c(c1)CCO2. The van der Waals surface area contributed by atoms with Crippen LogP contribution in [0, 0.1) is 5.92 Å². The maximum absolute atomic E-state index is 12.0. The van der Waals surface area contributed by atoms with Crippen molar-refractivity contribution in [2.24, 2.45) is 5.92 Å². The number of furan rings is 1. The number of hydrazine groups is 1. The molecule has 1 fully saturated rings. The van der Waals surface area contributed by atoms with Gasteiger partial charge in [-0.1, -0.05) is 12.1 Å². The second-order valence-corrected chi connectivity index (χ2v) is 7.06. The summed E-state index contributed by atoms with van der Waals surface area (Å²) in [4.78, 5) is 12.0. The van der Waals surface area contributed by atoms with E-state index in [0.717, 1.165) is 24.3 Å². The number of benzene rings is 1. The summed E-state index contributed by atoms with van der Waals surface area (Å²) in [5, 5.41) is 10.6. The van der Waals surface area contributed by atoms with Crippen LogP contribution in [-0.4, -0.2) is 37.1 Å². The predicted octanol–water partition coefficient (Wildman–Crippen LogP) is 1.51. The first kappa shape index (κ1) is 18.0. The molecule has 1 aromatic heterocycles. The molecule has 2 aliphatic heterocycles. The van der Waals surface area contributed by atoms with Crippen molar-refractivity contribution in [3.8, 4) is 5.75 Å². The van der Waals surface area contributed by atoms with Crippen LogP contribution in [0.2, 0.25) is 0 Å². The highest BCUT2D eigenvalue weighted by Crippen LogP contribution is 2.36. The Kier molecular flexibility index (Phi) is 5.15. The summed E-state index contributed by atoms with van der Waals surface area (Å²) >= 11 is 0. The van der Waals surface area contributed by atoms with Gasteiger partial charge in [0.1, 0.15) is 17.7 Å². The monoisotopic (exact) mass is 372 g/mol. The lowest BCUT2D eigenvalue weighted by Gasteiger charge is -2.27. The first-order chi connectivity index (χ1) is 13.2. The second kappa shape index (κ2) is 7.72. The molecule has 4 unspecified atom stereocenters. The number of aliphatic hydroxyl groups excluding tert-OH is 1. The van der Waals surface area contributed by atoms with Gasteiger partial charge in [0.15, 0.2) is 0 Å². The quantitative estimate of drug-likeness (QED) is 0.662. The van der Waals surface area contributed by atoms with Gasteiger partial charge >= 0.3 is 5.97 Å². The van der Waals surface area contributed by atoms with E-state index in [4.69, 9.17) is 13.9 Å². The maximum atomic E-state index is 12.0. The van der Waals surface area contributed by atoms with Gasteiger partial charge in [-0.05, 0) is 35.7 Å². The zero-order valence-corrected chi connectivity index (χ0v) is 15.2. The van der Waals surface area contributed by atoms with Crippen molar-refractivity contribution >= 4 is 5.97 Å². The summed E-state index contributed by atoms with van der Waals surface area (Å²) in [6, 6.07) is 9.77. The number of rotatable bonds is 6. The van der Waals surface area contributed by atoms with E-state index in [1.165, 1.54) is 12.7 Å². The second-order valence-electron chi connectivity index (χ2n) is 7.06. The molecule has 4 rings (SSSR count). The molecule has 3 N–H and O–H groups in total. The van der Waals surface area contributed by atoms with Crippen LogP contribution in [0.15, 0.2) is 41.0 Å². The number of aliphatic hydroxyl groups is 1. The Balaban J connectivity index is 1.57. The standard InChI is InChI=1S/C20H24N2O5/c1-25-18(23)11-14(17-3-2-7-26-17)19-15(21-22-20(19)24)10-12-4-5-16-13(9-12)6-8-27-16/h2-5,7,9,14-15,19-22,24H,6,8,10-11H2,1H3. The average molecular weight is 372 g/mol. The number of hydrogen-bond acceptors (Lipinski definition) is 7. The van der Waals surface area contributed by atoms with Gasteiger partial charge in [0.05, 0.1) is 26.4 Å². The third-order valence-corrected chi connectivity index (χ3v) is 5.44. The van der Waals surface area contributed by atoms with Crippen molar-refractivity contribution in [3.05, 3.63) is 53.5 Å². The first-order valence-electron chi connectivity index (χ1n) is 9.19. The molecule has 7 nitrogen and oxygen atoms in total. The Bertz CT molecular complexity index is 792. The van der Waals surface area contributed by atoms with Gasteiger partial charge in [-0.2, -0.15) is 0 Å². The molecule has 2 aromatic rings. The van der Waals surface area contributed by atoms with Gasteiger partial charge in [-0.15, -0.1) is 0 Å². The van der Waals surface area contributed by atoms with Gasteiger partial charge in [0.25, 0.3) is 0 Å². The molecule has 7 heteroatoms. The summed E-state index contributed by atoms with van der Waals surface area (Å²) in [5.41, 5.74) is 8.47. The predicted molar refractivity (Wildman–Crippen MR) is 97.0 cm³/mol. The molecule has 4 atom stereocenters. The fourth-order valence-corrected chi connectivity index (χ4v) is 4.10. The third-order valence-electron chi connectivity index (χ3n) is 5.44. The summed E-state index contributed by atoms with van der Waals surface area (Å²) in [7, 11) is 1.37. The fraction of sp³-hybridized carbons (Fsp3) is 0.450. The number of hydrogen-bond donors (Lipinski definition) is 3. The van der Waals surface area contributed by atoms with Gasteiger partial charge in [0.2, 0.25) is 0 Å². The molecule has 0 spiro atoms. The van der Waals surface area contributed by atoms with Crippen molar-refractivity contribution < 1.29 is 23.8 Å². The van der Waals surface area contributed by atoms with E-state index in [2.05, 4.69) is 23.0 Å². The number of ether oxygens (including phenoxy) is 2. The van der Waals surface area contributed by atoms with Crippen molar-refractivity contribution in [3.63, 3.8) is 0 Å². The van der Waals surface area contributed by atoms with E-state index >= 15 is 0 Å². The molecular weight excluding hydrogens is 348 g/mol. The van der Waals surface area contributed by atoms with Crippen LogP contribution < -0.4 is 15.6 Å². The van der Waals surface area contributed by atoms with Gasteiger partial charge in [0, 0.05) is 24.3 Å². The molecule has 0 amide bonds. The largest absolute Gasteiger partial charge is 0.493 e. The highest BCUT2D eigenvalue weighted by atomic mass is 16.5. The first-order valence-corrected chi connectivity index (χ1v) is 9.19. The van der Waals surface area contributed by atoms with Crippen molar-refractivity contribution in [2.45, 2.75) is 37.5 Å². The van der Waals surface area contributed by atoms with Crippen molar-refractivity contribution in [1.82, 2.24) is 10.9 Å². The highest BCUT2D eigenvalue weighted by Gasteiger charge is 2.43. The molecule has 27 heavy (non-hydrogen) atoms. The molecule has 0 bridgehead atoms. The summed E-state index contributed by atoms with van der Waals surface area (Å²) < 4.78 is 16.0. The van der Waals surface area contributed by atoms with Crippen molar-refractivity contribution in [1.29, 1.82) is 0 Å². The van der Waals surface area contributed by atoms with E-state index in [-0.39, 0.29) is 30.3 Å². The van der Waals surface area contributed by atoms with Crippen LogP contribution in [0.5, 0.6) is 5.75 Å². The van der Waals surface area contributed by atoms with E-state index in [1.807, 2.05) is 12.1 Å². The number of fused-ring (bicyclic) bond motifs is 1. The Morgan fingerprint density at radius 2 is 2.26 bits per heavy atom.